The number of aryl methyl sites for hydroxylation is 1. The van der Waals surface area contributed by atoms with Crippen LogP contribution in [0.5, 0.6) is 0 Å². The van der Waals surface area contributed by atoms with Gasteiger partial charge in [-0.3, -0.25) is 4.79 Å². The first-order valence-electron chi connectivity index (χ1n) is 6.67. The molecule has 1 amide bonds. The van der Waals surface area contributed by atoms with Crippen LogP contribution in [0.15, 0.2) is 27.1 Å². The van der Waals surface area contributed by atoms with Crippen LogP contribution in [-0.2, 0) is 19.5 Å². The van der Waals surface area contributed by atoms with Crippen LogP contribution in [-0.4, -0.2) is 32.6 Å². The summed E-state index contributed by atoms with van der Waals surface area (Å²) in [6.45, 7) is 1.41. The number of hydrogen-bond acceptors (Lipinski definition) is 3. The van der Waals surface area contributed by atoms with E-state index >= 15 is 0 Å². The minimum atomic E-state index is -0.0349. The van der Waals surface area contributed by atoms with Crippen LogP contribution < -0.4 is 0 Å². The summed E-state index contributed by atoms with van der Waals surface area (Å²) in [4.78, 5) is 14.2. The van der Waals surface area contributed by atoms with Crippen molar-refractivity contribution >= 4 is 37.8 Å². The molecule has 0 saturated heterocycles. The van der Waals surface area contributed by atoms with Gasteiger partial charge in [-0.15, -0.1) is 10.2 Å². The Balaban J connectivity index is 1.78. The van der Waals surface area contributed by atoms with E-state index in [1.54, 1.807) is 11.9 Å². The van der Waals surface area contributed by atoms with Crippen molar-refractivity contribution in [2.24, 2.45) is 0 Å². The van der Waals surface area contributed by atoms with Gasteiger partial charge in [-0.1, -0.05) is 31.9 Å². The molecule has 0 aliphatic carbocycles. The SMILES string of the molecule is CN(Cc1nnc2n1CCC2)C(=O)c1cc(Br)cc(Br)c1. The lowest BCUT2D eigenvalue weighted by Crippen LogP contribution is -2.27. The van der Waals surface area contributed by atoms with Crippen LogP contribution in [0.1, 0.15) is 28.4 Å². The summed E-state index contributed by atoms with van der Waals surface area (Å²) >= 11 is 6.81. The highest BCUT2D eigenvalue weighted by Gasteiger charge is 2.20. The Kier molecular flexibility index (Phi) is 4.12. The standard InChI is InChI=1S/C14H14Br2N4O/c1-19(8-13-18-17-12-3-2-4-20(12)13)14(21)9-5-10(15)7-11(16)6-9/h5-7H,2-4,8H2,1H3. The zero-order valence-corrected chi connectivity index (χ0v) is 14.7. The Morgan fingerprint density at radius 2 is 2.00 bits per heavy atom. The largest absolute Gasteiger partial charge is 0.334 e. The molecule has 0 fully saturated rings. The lowest BCUT2D eigenvalue weighted by atomic mass is 10.2. The average Bonchev–Trinajstić information content (AvgIpc) is 3.01. The fourth-order valence-corrected chi connectivity index (χ4v) is 3.80. The van der Waals surface area contributed by atoms with Crippen LogP contribution in [0.3, 0.4) is 0 Å². The molecular formula is C14H14Br2N4O. The van der Waals surface area contributed by atoms with Crippen LogP contribution >= 0.6 is 31.9 Å². The van der Waals surface area contributed by atoms with Crippen molar-refractivity contribution < 1.29 is 4.79 Å². The monoisotopic (exact) mass is 412 g/mol. The van der Waals surface area contributed by atoms with Gasteiger partial charge in [0, 0.05) is 34.5 Å². The smallest absolute Gasteiger partial charge is 0.254 e. The van der Waals surface area contributed by atoms with Gasteiger partial charge >= 0.3 is 0 Å². The van der Waals surface area contributed by atoms with Gasteiger partial charge in [0.1, 0.15) is 5.82 Å². The number of carbonyl (C=O) groups excluding carboxylic acids is 1. The lowest BCUT2D eigenvalue weighted by molar-refractivity contribution is 0.0780. The summed E-state index contributed by atoms with van der Waals surface area (Å²) in [5.41, 5.74) is 0.639. The van der Waals surface area contributed by atoms with E-state index in [-0.39, 0.29) is 5.91 Å². The van der Waals surface area contributed by atoms with Crippen molar-refractivity contribution in [3.05, 3.63) is 44.4 Å². The van der Waals surface area contributed by atoms with E-state index in [4.69, 9.17) is 0 Å². The number of hydrogen-bond donors (Lipinski definition) is 0. The fraction of sp³-hybridized carbons (Fsp3) is 0.357. The van der Waals surface area contributed by atoms with E-state index in [2.05, 4.69) is 46.6 Å². The highest BCUT2D eigenvalue weighted by molar-refractivity contribution is 9.11. The highest BCUT2D eigenvalue weighted by Crippen LogP contribution is 2.21. The summed E-state index contributed by atoms with van der Waals surface area (Å²) in [5.74, 6) is 1.84. The van der Waals surface area contributed by atoms with Crippen LogP contribution in [0.4, 0.5) is 0 Å². The minimum absolute atomic E-state index is 0.0349. The number of carbonyl (C=O) groups is 1. The Morgan fingerprint density at radius 3 is 2.71 bits per heavy atom. The summed E-state index contributed by atoms with van der Waals surface area (Å²) in [6.07, 6.45) is 2.08. The number of aromatic nitrogens is 3. The number of rotatable bonds is 3. The predicted molar refractivity (Wildman–Crippen MR) is 86.0 cm³/mol. The number of fused-ring (bicyclic) bond motifs is 1. The second-order valence-electron chi connectivity index (χ2n) is 5.11. The second kappa shape index (κ2) is 5.88. The number of halogens is 2. The van der Waals surface area contributed by atoms with Crippen molar-refractivity contribution in [1.82, 2.24) is 19.7 Å². The molecule has 0 saturated carbocycles. The molecule has 0 bridgehead atoms. The topological polar surface area (TPSA) is 51.0 Å². The Labute approximate surface area is 139 Å². The molecular weight excluding hydrogens is 400 g/mol. The Morgan fingerprint density at radius 1 is 1.29 bits per heavy atom. The zero-order chi connectivity index (χ0) is 15.0. The molecule has 1 aliphatic rings. The van der Waals surface area contributed by atoms with E-state index in [0.717, 1.165) is 40.0 Å². The molecule has 1 aromatic carbocycles. The van der Waals surface area contributed by atoms with Gasteiger partial charge in [0.15, 0.2) is 5.82 Å². The van der Waals surface area contributed by atoms with E-state index in [1.807, 2.05) is 18.2 Å². The number of benzene rings is 1. The van der Waals surface area contributed by atoms with Crippen molar-refractivity contribution in [2.75, 3.05) is 7.05 Å². The zero-order valence-electron chi connectivity index (χ0n) is 11.5. The molecule has 0 radical (unpaired) electrons. The van der Waals surface area contributed by atoms with Gasteiger partial charge in [0.05, 0.1) is 6.54 Å². The van der Waals surface area contributed by atoms with Gasteiger partial charge in [-0.2, -0.15) is 0 Å². The molecule has 3 rings (SSSR count). The molecule has 21 heavy (non-hydrogen) atoms. The van der Waals surface area contributed by atoms with Gasteiger partial charge in [-0.05, 0) is 24.6 Å². The van der Waals surface area contributed by atoms with E-state index in [0.29, 0.717) is 12.1 Å². The van der Waals surface area contributed by atoms with E-state index in [9.17, 15) is 4.79 Å². The minimum Gasteiger partial charge on any atom is -0.334 e. The first-order valence-corrected chi connectivity index (χ1v) is 8.25. The van der Waals surface area contributed by atoms with Crippen molar-refractivity contribution in [2.45, 2.75) is 25.9 Å². The van der Waals surface area contributed by atoms with E-state index in [1.165, 1.54) is 0 Å². The van der Waals surface area contributed by atoms with Gasteiger partial charge in [0.2, 0.25) is 0 Å². The third-order valence-electron chi connectivity index (χ3n) is 3.52. The molecule has 5 nitrogen and oxygen atoms in total. The summed E-state index contributed by atoms with van der Waals surface area (Å²) in [7, 11) is 1.79. The predicted octanol–water partition coefficient (Wildman–Crippen LogP) is 3.02. The molecule has 7 heteroatoms. The normalized spacial score (nSPS) is 13.3. The molecule has 0 spiro atoms. The summed E-state index contributed by atoms with van der Waals surface area (Å²) in [6, 6.07) is 5.54. The third-order valence-corrected chi connectivity index (χ3v) is 4.44. The van der Waals surface area contributed by atoms with E-state index < -0.39 is 0 Å². The molecule has 0 unspecified atom stereocenters. The molecule has 2 aromatic rings. The van der Waals surface area contributed by atoms with Gasteiger partial charge < -0.3 is 9.47 Å². The summed E-state index contributed by atoms with van der Waals surface area (Å²) < 4.78 is 3.86. The first-order chi connectivity index (χ1) is 10.0. The highest BCUT2D eigenvalue weighted by atomic mass is 79.9. The lowest BCUT2D eigenvalue weighted by Gasteiger charge is -2.17. The summed E-state index contributed by atoms with van der Waals surface area (Å²) in [5, 5.41) is 8.36. The van der Waals surface area contributed by atoms with Crippen molar-refractivity contribution in [1.29, 1.82) is 0 Å². The molecule has 110 valence electrons. The van der Waals surface area contributed by atoms with Gasteiger partial charge in [0.25, 0.3) is 5.91 Å². The third kappa shape index (κ3) is 3.03. The number of nitrogens with zero attached hydrogens (tertiary/aromatic N) is 4. The van der Waals surface area contributed by atoms with Crippen LogP contribution in [0, 0.1) is 0 Å². The molecule has 0 N–H and O–H groups in total. The van der Waals surface area contributed by atoms with Crippen LogP contribution in [0.25, 0.3) is 0 Å². The fourth-order valence-electron chi connectivity index (χ4n) is 2.51. The maximum atomic E-state index is 12.5. The Bertz CT molecular complexity index is 678. The maximum absolute atomic E-state index is 12.5. The molecule has 0 atom stereocenters. The van der Waals surface area contributed by atoms with Crippen molar-refractivity contribution in [3.8, 4) is 0 Å². The quantitative estimate of drug-likeness (QED) is 0.776. The first kappa shape index (κ1) is 14.7. The number of amides is 1. The molecule has 1 aliphatic heterocycles. The van der Waals surface area contributed by atoms with Gasteiger partial charge in [-0.25, -0.2) is 0 Å². The Hall–Kier alpha value is -1.21. The van der Waals surface area contributed by atoms with Crippen molar-refractivity contribution in [3.63, 3.8) is 0 Å². The average molecular weight is 414 g/mol. The van der Waals surface area contributed by atoms with Crippen LogP contribution in [0.2, 0.25) is 0 Å². The molecule has 1 aromatic heterocycles. The maximum Gasteiger partial charge on any atom is 0.254 e. The second-order valence-corrected chi connectivity index (χ2v) is 6.94. The molecule has 2 heterocycles.